The molecule has 0 aliphatic carbocycles. The van der Waals surface area contributed by atoms with Gasteiger partial charge in [-0.25, -0.2) is 13.4 Å². The highest BCUT2D eigenvalue weighted by Gasteiger charge is 2.36. The molecule has 0 unspecified atom stereocenters. The molecule has 0 saturated carbocycles. The first-order valence-electron chi connectivity index (χ1n) is 10.8. The number of imidazole rings is 1. The maximum atomic E-state index is 13.5. The Hall–Kier alpha value is -3.65. The highest BCUT2D eigenvalue weighted by Crippen LogP contribution is 2.36. The van der Waals surface area contributed by atoms with Crippen LogP contribution in [-0.2, 0) is 30.0 Å². The normalized spacial score (nSPS) is 15.6. The van der Waals surface area contributed by atoms with Crippen molar-refractivity contribution in [1.29, 1.82) is 0 Å². The number of rotatable bonds is 5. The molecule has 0 radical (unpaired) electrons. The molecule has 1 aliphatic heterocycles. The molecule has 0 spiro atoms. The van der Waals surface area contributed by atoms with Crippen molar-refractivity contribution in [3.63, 3.8) is 0 Å². The van der Waals surface area contributed by atoms with E-state index in [9.17, 15) is 13.2 Å². The first kappa shape index (κ1) is 21.2. The molecular weight excluding hydrogens is 436 g/mol. The van der Waals surface area contributed by atoms with Gasteiger partial charge in [0.25, 0.3) is 15.9 Å². The van der Waals surface area contributed by atoms with E-state index in [0.717, 1.165) is 22.4 Å². The monoisotopic (exact) mass is 460 g/mol. The number of amides is 1. The largest absolute Gasteiger partial charge is 0.345 e. The van der Waals surface area contributed by atoms with Crippen LogP contribution in [0.1, 0.15) is 28.7 Å². The van der Waals surface area contributed by atoms with Crippen molar-refractivity contribution < 1.29 is 13.2 Å². The number of carbonyl (C=O) groups excluding carboxylic acids is 1. The Labute approximate surface area is 192 Å². The van der Waals surface area contributed by atoms with Crippen molar-refractivity contribution >= 4 is 32.7 Å². The van der Waals surface area contributed by atoms with Gasteiger partial charge in [0.15, 0.2) is 0 Å². The summed E-state index contributed by atoms with van der Waals surface area (Å²) in [5, 5.41) is 2.86. The molecule has 1 N–H and O–H groups in total. The lowest BCUT2D eigenvalue weighted by molar-refractivity contribution is 0.0949. The Morgan fingerprint density at radius 3 is 2.64 bits per heavy atom. The number of sulfonamides is 1. The number of fused-ring (bicyclic) bond motifs is 2. The van der Waals surface area contributed by atoms with Crippen LogP contribution in [0.15, 0.2) is 77.7 Å². The predicted octanol–water partition coefficient (Wildman–Crippen LogP) is 3.64. The maximum Gasteiger partial charge on any atom is 0.264 e. The number of nitrogens with one attached hydrogen (secondary N) is 1. The fraction of sp³-hybridized carbons (Fsp3) is 0.200. The molecule has 4 aromatic rings. The average molecular weight is 461 g/mol. The molecule has 168 valence electrons. The van der Waals surface area contributed by atoms with Gasteiger partial charge >= 0.3 is 0 Å². The fourth-order valence-electron chi connectivity index (χ4n) is 4.43. The Morgan fingerprint density at radius 1 is 1.06 bits per heavy atom. The third kappa shape index (κ3) is 3.66. The number of benzene rings is 3. The Balaban J connectivity index is 1.38. The molecule has 1 atom stereocenters. The third-order valence-corrected chi connectivity index (χ3v) is 8.01. The lowest BCUT2D eigenvalue weighted by Crippen LogP contribution is -2.35. The molecule has 1 amide bonds. The molecule has 7 nitrogen and oxygen atoms in total. The van der Waals surface area contributed by atoms with Gasteiger partial charge < -0.3 is 9.88 Å². The third-order valence-electron chi connectivity index (χ3n) is 6.08. The summed E-state index contributed by atoms with van der Waals surface area (Å²) in [5.41, 5.74) is 3.83. The molecule has 2 heterocycles. The molecule has 0 fully saturated rings. The maximum absolute atomic E-state index is 13.5. The smallest absolute Gasteiger partial charge is 0.264 e. The first-order chi connectivity index (χ1) is 15.9. The van der Waals surface area contributed by atoms with Gasteiger partial charge in [-0.15, -0.1) is 0 Å². The average Bonchev–Trinajstić information content (AvgIpc) is 3.33. The summed E-state index contributed by atoms with van der Waals surface area (Å²) in [6.07, 6.45) is 0.660. The summed E-state index contributed by atoms with van der Waals surface area (Å²) in [4.78, 5) is 17.5. The lowest BCUT2D eigenvalue weighted by Gasteiger charge is -2.24. The first-order valence-corrected chi connectivity index (χ1v) is 12.2. The standard InChI is InChI=1S/C25H24N4O3S/c1-17-14-18-8-3-5-12-22(18)29(17)33(31,32)20-10-7-9-19(15-20)25(30)26-16-24-27-21-11-4-6-13-23(21)28(24)2/h3-13,15,17H,14,16H2,1-2H3,(H,26,30)/t17-/m1/s1. The highest BCUT2D eigenvalue weighted by molar-refractivity contribution is 7.92. The minimum atomic E-state index is -3.81. The second-order valence-electron chi connectivity index (χ2n) is 8.27. The summed E-state index contributed by atoms with van der Waals surface area (Å²) >= 11 is 0. The van der Waals surface area contributed by atoms with Crippen LogP contribution in [0.25, 0.3) is 11.0 Å². The van der Waals surface area contributed by atoms with Crippen LogP contribution in [0.3, 0.4) is 0 Å². The second kappa shape index (κ2) is 8.04. The summed E-state index contributed by atoms with van der Waals surface area (Å²) < 4.78 is 30.4. The second-order valence-corrected chi connectivity index (χ2v) is 10.1. The molecule has 0 saturated heterocycles. The Morgan fingerprint density at radius 2 is 1.82 bits per heavy atom. The summed E-state index contributed by atoms with van der Waals surface area (Å²) in [6, 6.07) is 21.3. The molecule has 1 aliphatic rings. The summed E-state index contributed by atoms with van der Waals surface area (Å²) in [7, 11) is -1.91. The van der Waals surface area contributed by atoms with Crippen LogP contribution in [0, 0.1) is 0 Å². The van der Waals surface area contributed by atoms with E-state index in [0.29, 0.717) is 12.1 Å². The number of anilines is 1. The fourth-order valence-corrected chi connectivity index (χ4v) is 6.17. The van der Waals surface area contributed by atoms with E-state index in [-0.39, 0.29) is 29.0 Å². The molecule has 33 heavy (non-hydrogen) atoms. The van der Waals surface area contributed by atoms with E-state index in [2.05, 4.69) is 10.3 Å². The van der Waals surface area contributed by atoms with Crippen LogP contribution in [-0.4, -0.2) is 29.9 Å². The Bertz CT molecular complexity index is 1480. The number of hydrogen-bond acceptors (Lipinski definition) is 4. The lowest BCUT2D eigenvalue weighted by atomic mass is 10.1. The van der Waals surface area contributed by atoms with Crippen molar-refractivity contribution in [2.24, 2.45) is 7.05 Å². The van der Waals surface area contributed by atoms with Crippen molar-refractivity contribution in [2.45, 2.75) is 30.8 Å². The number of hydrogen-bond donors (Lipinski definition) is 1. The summed E-state index contributed by atoms with van der Waals surface area (Å²) in [6.45, 7) is 2.13. The molecule has 8 heteroatoms. The molecular formula is C25H24N4O3S. The zero-order chi connectivity index (χ0) is 23.2. The molecule has 3 aromatic carbocycles. The van der Waals surface area contributed by atoms with Gasteiger partial charge in [-0.3, -0.25) is 9.10 Å². The molecule has 0 bridgehead atoms. The quantitative estimate of drug-likeness (QED) is 0.493. The topological polar surface area (TPSA) is 84.3 Å². The van der Waals surface area contributed by atoms with E-state index in [4.69, 9.17) is 0 Å². The van der Waals surface area contributed by atoms with Gasteiger partial charge in [0.05, 0.1) is 28.2 Å². The molecule has 5 rings (SSSR count). The number of para-hydroxylation sites is 3. The van der Waals surface area contributed by atoms with Gasteiger partial charge in [-0.2, -0.15) is 0 Å². The highest BCUT2D eigenvalue weighted by atomic mass is 32.2. The minimum absolute atomic E-state index is 0.0985. The van der Waals surface area contributed by atoms with Crippen LogP contribution < -0.4 is 9.62 Å². The van der Waals surface area contributed by atoms with Gasteiger partial charge in [0.1, 0.15) is 5.82 Å². The van der Waals surface area contributed by atoms with Gasteiger partial charge in [0, 0.05) is 18.7 Å². The van der Waals surface area contributed by atoms with E-state index < -0.39 is 10.0 Å². The molecule has 1 aromatic heterocycles. The Kier molecular flexibility index (Phi) is 5.17. The number of aromatic nitrogens is 2. The van der Waals surface area contributed by atoms with Gasteiger partial charge in [-0.1, -0.05) is 36.4 Å². The zero-order valence-corrected chi connectivity index (χ0v) is 19.2. The van der Waals surface area contributed by atoms with Gasteiger partial charge in [-0.05, 0) is 55.3 Å². The van der Waals surface area contributed by atoms with Crippen LogP contribution in [0.4, 0.5) is 5.69 Å². The SMILES string of the molecule is C[C@@H]1Cc2ccccc2N1S(=O)(=O)c1cccc(C(=O)NCc2nc3ccccc3n2C)c1. The predicted molar refractivity (Wildman–Crippen MR) is 128 cm³/mol. The van der Waals surface area contributed by atoms with E-state index in [1.807, 2.05) is 67.1 Å². The van der Waals surface area contributed by atoms with Crippen LogP contribution >= 0.6 is 0 Å². The van der Waals surface area contributed by atoms with E-state index in [1.165, 1.54) is 16.4 Å². The summed E-state index contributed by atoms with van der Waals surface area (Å²) in [5.74, 6) is 0.366. The van der Waals surface area contributed by atoms with Gasteiger partial charge in [0.2, 0.25) is 0 Å². The van der Waals surface area contributed by atoms with Crippen molar-refractivity contribution in [3.05, 3.63) is 89.7 Å². The zero-order valence-electron chi connectivity index (χ0n) is 18.4. The number of carbonyl (C=O) groups is 1. The van der Waals surface area contributed by atoms with E-state index in [1.54, 1.807) is 12.1 Å². The van der Waals surface area contributed by atoms with Crippen molar-refractivity contribution in [1.82, 2.24) is 14.9 Å². The van der Waals surface area contributed by atoms with E-state index >= 15 is 0 Å². The number of nitrogens with zero attached hydrogens (tertiary/aromatic N) is 3. The van der Waals surface area contributed by atoms with Crippen LogP contribution in [0.5, 0.6) is 0 Å². The van der Waals surface area contributed by atoms with Crippen molar-refractivity contribution in [2.75, 3.05) is 4.31 Å². The minimum Gasteiger partial charge on any atom is -0.345 e. The van der Waals surface area contributed by atoms with Crippen LogP contribution in [0.2, 0.25) is 0 Å². The number of aryl methyl sites for hydroxylation is 1. The van der Waals surface area contributed by atoms with Crippen molar-refractivity contribution in [3.8, 4) is 0 Å².